The molecule has 5 rings (SSSR count). The number of nitrogen functional groups attached to an aromatic ring is 1. The molecule has 0 atom stereocenters. The van der Waals surface area contributed by atoms with Crippen LogP contribution >= 0.6 is 0 Å². The van der Waals surface area contributed by atoms with E-state index in [1.165, 1.54) is 0 Å². The van der Waals surface area contributed by atoms with Gasteiger partial charge in [0.1, 0.15) is 11.6 Å². The van der Waals surface area contributed by atoms with Crippen LogP contribution in [0.15, 0.2) is 66.9 Å². The molecule has 0 saturated carbocycles. The highest BCUT2D eigenvalue weighted by atomic mass is 16.5. The Morgan fingerprint density at radius 3 is 2.31 bits per heavy atom. The smallest absolute Gasteiger partial charge is 0.159 e. The Bertz CT molecular complexity index is 1220. The number of hydrogen-bond donors (Lipinski definition) is 1. The summed E-state index contributed by atoms with van der Waals surface area (Å²) in [5, 5.41) is 11.6. The average Bonchev–Trinajstić information content (AvgIpc) is 2.85. The van der Waals surface area contributed by atoms with E-state index >= 15 is 0 Å². The van der Waals surface area contributed by atoms with Crippen LogP contribution in [-0.4, -0.2) is 48.5 Å². The maximum atomic E-state index is 5.77. The molecule has 2 aromatic heterocycles. The molecular formula is C25H26N6O. The third-order valence-corrected chi connectivity index (χ3v) is 5.97. The predicted octanol–water partition coefficient (Wildman–Crippen LogP) is 3.53. The van der Waals surface area contributed by atoms with Crippen molar-refractivity contribution in [2.24, 2.45) is 0 Å². The molecule has 32 heavy (non-hydrogen) atoms. The monoisotopic (exact) mass is 426 g/mol. The van der Waals surface area contributed by atoms with Crippen LogP contribution in [0.25, 0.3) is 10.8 Å². The summed E-state index contributed by atoms with van der Waals surface area (Å²) in [5.74, 6) is 2.77. The van der Waals surface area contributed by atoms with Crippen LogP contribution in [0.4, 0.5) is 17.3 Å². The predicted molar refractivity (Wildman–Crippen MR) is 128 cm³/mol. The molecule has 0 spiro atoms. The molecular weight excluding hydrogens is 400 g/mol. The van der Waals surface area contributed by atoms with Gasteiger partial charge in [0.25, 0.3) is 0 Å². The Balaban J connectivity index is 1.40. The average molecular weight is 427 g/mol. The molecule has 4 aromatic rings. The summed E-state index contributed by atoms with van der Waals surface area (Å²) in [4.78, 5) is 9.05. The van der Waals surface area contributed by atoms with Crippen molar-refractivity contribution < 1.29 is 4.74 Å². The van der Waals surface area contributed by atoms with Crippen LogP contribution < -0.4 is 20.3 Å². The summed E-state index contributed by atoms with van der Waals surface area (Å²) in [6.45, 7) is 3.46. The SMILES string of the molecule is COc1ccccc1Cc1nnc(N2CCN(c3ccc(N)cn3)CC2)c2ccccc12. The minimum atomic E-state index is 0.675. The molecule has 0 amide bonds. The largest absolute Gasteiger partial charge is 0.496 e. The number of rotatable bonds is 5. The number of nitrogens with two attached hydrogens (primary N) is 1. The van der Waals surface area contributed by atoms with E-state index in [2.05, 4.69) is 55.3 Å². The maximum Gasteiger partial charge on any atom is 0.159 e. The van der Waals surface area contributed by atoms with Gasteiger partial charge < -0.3 is 20.3 Å². The van der Waals surface area contributed by atoms with E-state index in [0.29, 0.717) is 12.1 Å². The van der Waals surface area contributed by atoms with E-state index in [1.54, 1.807) is 13.3 Å². The lowest BCUT2D eigenvalue weighted by molar-refractivity contribution is 0.410. The third-order valence-electron chi connectivity index (χ3n) is 5.97. The third kappa shape index (κ3) is 3.89. The van der Waals surface area contributed by atoms with E-state index in [1.807, 2.05) is 30.3 Å². The van der Waals surface area contributed by atoms with Crippen LogP contribution in [0, 0.1) is 0 Å². The zero-order chi connectivity index (χ0) is 21.9. The van der Waals surface area contributed by atoms with Crippen molar-refractivity contribution >= 4 is 28.1 Å². The molecule has 162 valence electrons. The van der Waals surface area contributed by atoms with Crippen molar-refractivity contribution in [3.05, 3.63) is 78.1 Å². The molecule has 1 fully saturated rings. The summed E-state index contributed by atoms with van der Waals surface area (Å²) in [6, 6.07) is 20.3. The molecule has 1 saturated heterocycles. The molecule has 3 heterocycles. The standard InChI is InChI=1S/C25H26N6O/c1-32-23-9-5-2-6-18(23)16-22-20-7-3-4-8-21(20)25(29-28-22)31-14-12-30(13-15-31)24-11-10-19(26)17-27-24/h2-11,17H,12-16,26H2,1H3. The minimum absolute atomic E-state index is 0.675. The molecule has 0 unspecified atom stereocenters. The van der Waals surface area contributed by atoms with Crippen LogP contribution in [-0.2, 0) is 6.42 Å². The molecule has 0 bridgehead atoms. The van der Waals surface area contributed by atoms with Crippen LogP contribution in [0.5, 0.6) is 5.75 Å². The summed E-state index contributed by atoms with van der Waals surface area (Å²) in [6.07, 6.45) is 2.38. The van der Waals surface area contributed by atoms with Crippen LogP contribution in [0.3, 0.4) is 0 Å². The first-order valence-electron chi connectivity index (χ1n) is 10.8. The van der Waals surface area contributed by atoms with Gasteiger partial charge >= 0.3 is 0 Å². The number of pyridine rings is 1. The highest BCUT2D eigenvalue weighted by molar-refractivity contribution is 5.93. The van der Waals surface area contributed by atoms with Crippen molar-refractivity contribution in [1.82, 2.24) is 15.2 Å². The molecule has 0 aliphatic carbocycles. The van der Waals surface area contributed by atoms with Gasteiger partial charge in [-0.25, -0.2) is 4.98 Å². The van der Waals surface area contributed by atoms with Crippen LogP contribution in [0.1, 0.15) is 11.3 Å². The lowest BCUT2D eigenvalue weighted by atomic mass is 10.0. The quantitative estimate of drug-likeness (QED) is 0.523. The highest BCUT2D eigenvalue weighted by Gasteiger charge is 2.22. The van der Waals surface area contributed by atoms with Crippen molar-refractivity contribution in [2.45, 2.75) is 6.42 Å². The van der Waals surface area contributed by atoms with E-state index in [4.69, 9.17) is 10.5 Å². The topological polar surface area (TPSA) is 80.4 Å². The fraction of sp³-hybridized carbons (Fsp3) is 0.240. The number of ether oxygens (including phenoxy) is 1. The van der Waals surface area contributed by atoms with Crippen LogP contribution in [0.2, 0.25) is 0 Å². The number of para-hydroxylation sites is 1. The Morgan fingerprint density at radius 2 is 1.56 bits per heavy atom. The van der Waals surface area contributed by atoms with Gasteiger partial charge in [-0.1, -0.05) is 42.5 Å². The summed E-state index contributed by atoms with van der Waals surface area (Å²) in [7, 11) is 1.70. The Hall–Kier alpha value is -3.87. The zero-order valence-corrected chi connectivity index (χ0v) is 18.1. The number of hydrogen-bond acceptors (Lipinski definition) is 7. The van der Waals surface area contributed by atoms with Gasteiger partial charge in [-0.05, 0) is 18.2 Å². The number of aromatic nitrogens is 3. The Morgan fingerprint density at radius 1 is 0.844 bits per heavy atom. The second-order valence-corrected chi connectivity index (χ2v) is 7.93. The number of fused-ring (bicyclic) bond motifs is 1. The lowest BCUT2D eigenvalue weighted by Crippen LogP contribution is -2.47. The van der Waals surface area contributed by atoms with Gasteiger partial charge in [-0.3, -0.25) is 0 Å². The first kappa shape index (κ1) is 20.1. The lowest BCUT2D eigenvalue weighted by Gasteiger charge is -2.36. The number of piperazine rings is 1. The first-order chi connectivity index (χ1) is 15.7. The van der Waals surface area contributed by atoms with Crippen molar-refractivity contribution in [2.75, 3.05) is 48.8 Å². The summed E-state index contributed by atoms with van der Waals surface area (Å²) >= 11 is 0. The number of nitrogens with zero attached hydrogens (tertiary/aromatic N) is 5. The molecule has 1 aliphatic rings. The van der Waals surface area contributed by atoms with E-state index in [9.17, 15) is 0 Å². The van der Waals surface area contributed by atoms with E-state index in [-0.39, 0.29) is 0 Å². The van der Waals surface area contributed by atoms with Gasteiger partial charge in [0.2, 0.25) is 0 Å². The second-order valence-electron chi connectivity index (χ2n) is 7.93. The fourth-order valence-electron chi connectivity index (χ4n) is 4.27. The van der Waals surface area contributed by atoms with Gasteiger partial charge in [0, 0.05) is 48.9 Å². The summed E-state index contributed by atoms with van der Waals surface area (Å²) in [5.41, 5.74) is 8.52. The normalized spacial score (nSPS) is 14.0. The summed E-state index contributed by atoms with van der Waals surface area (Å²) < 4.78 is 5.53. The van der Waals surface area contributed by atoms with Crippen molar-refractivity contribution in [3.63, 3.8) is 0 Å². The number of benzene rings is 2. The molecule has 7 nitrogen and oxygen atoms in total. The molecule has 7 heteroatoms. The van der Waals surface area contributed by atoms with Gasteiger partial charge in [-0.15, -0.1) is 5.10 Å². The number of methoxy groups -OCH3 is 1. The van der Waals surface area contributed by atoms with Crippen molar-refractivity contribution in [3.8, 4) is 5.75 Å². The highest BCUT2D eigenvalue weighted by Crippen LogP contribution is 2.30. The molecule has 2 N–H and O–H groups in total. The van der Waals surface area contributed by atoms with Gasteiger partial charge in [0.05, 0.1) is 24.7 Å². The number of anilines is 3. The minimum Gasteiger partial charge on any atom is -0.496 e. The second kappa shape index (κ2) is 8.70. The maximum absolute atomic E-state index is 5.77. The fourth-order valence-corrected chi connectivity index (χ4v) is 4.27. The Labute approximate surface area is 187 Å². The van der Waals surface area contributed by atoms with E-state index < -0.39 is 0 Å². The zero-order valence-electron chi connectivity index (χ0n) is 18.1. The Kier molecular flexibility index (Phi) is 5.46. The first-order valence-corrected chi connectivity index (χ1v) is 10.8. The molecule has 2 aromatic carbocycles. The molecule has 1 aliphatic heterocycles. The van der Waals surface area contributed by atoms with Crippen molar-refractivity contribution in [1.29, 1.82) is 0 Å². The van der Waals surface area contributed by atoms with E-state index in [0.717, 1.165) is 65.6 Å². The molecule has 0 radical (unpaired) electrons. The van der Waals surface area contributed by atoms with Gasteiger partial charge in [0.15, 0.2) is 5.82 Å². The van der Waals surface area contributed by atoms with Gasteiger partial charge in [-0.2, -0.15) is 5.10 Å².